The van der Waals surface area contributed by atoms with Crippen molar-refractivity contribution in [1.82, 2.24) is 15.1 Å². The van der Waals surface area contributed by atoms with Crippen molar-refractivity contribution in [3.05, 3.63) is 46.8 Å². The molecule has 0 saturated heterocycles. The minimum absolute atomic E-state index is 0.0449. The van der Waals surface area contributed by atoms with Gasteiger partial charge in [-0.05, 0) is 38.0 Å². The van der Waals surface area contributed by atoms with E-state index in [0.29, 0.717) is 17.8 Å². The van der Waals surface area contributed by atoms with Gasteiger partial charge in [0.2, 0.25) is 0 Å². The summed E-state index contributed by atoms with van der Waals surface area (Å²) >= 11 is 0. The molecule has 2 aromatic rings. The van der Waals surface area contributed by atoms with Gasteiger partial charge in [-0.15, -0.1) is 0 Å². The number of aromatic nitrogens is 2. The third kappa shape index (κ3) is 6.09. The molecule has 2 rings (SSSR count). The summed E-state index contributed by atoms with van der Waals surface area (Å²) in [5.41, 5.74) is 1.89. The Bertz CT molecular complexity index is 894. The smallest absolute Gasteiger partial charge is 0.387 e. The van der Waals surface area contributed by atoms with Gasteiger partial charge < -0.3 is 14.8 Å². The molecular formula is C19H21F2N3O5. The topological polar surface area (TPSA) is 99.5 Å². The second-order valence-corrected chi connectivity index (χ2v) is 6.20. The zero-order chi connectivity index (χ0) is 21.6. The molecule has 1 heterocycles. The van der Waals surface area contributed by atoms with E-state index in [1.807, 2.05) is 0 Å². The molecule has 156 valence electrons. The van der Waals surface area contributed by atoms with E-state index >= 15 is 0 Å². The van der Waals surface area contributed by atoms with Gasteiger partial charge in [-0.25, -0.2) is 4.79 Å². The number of hydrogen-bond donors (Lipinski definition) is 1. The molecule has 0 unspecified atom stereocenters. The number of ketones is 1. The van der Waals surface area contributed by atoms with Crippen LogP contribution < -0.4 is 10.1 Å². The van der Waals surface area contributed by atoms with Gasteiger partial charge >= 0.3 is 12.6 Å². The van der Waals surface area contributed by atoms with Gasteiger partial charge in [-0.1, -0.05) is 12.1 Å². The summed E-state index contributed by atoms with van der Waals surface area (Å²) in [7, 11) is 1.65. The van der Waals surface area contributed by atoms with Crippen molar-refractivity contribution >= 4 is 17.7 Å². The number of nitrogens with zero attached hydrogens (tertiary/aromatic N) is 2. The SMILES string of the molecule is Cc1nn(C)c(C)c1C(=O)C(=O)OCC(=O)NCCc1ccc(OC(F)F)cc1. The number of esters is 1. The summed E-state index contributed by atoms with van der Waals surface area (Å²) in [6, 6.07) is 6.00. The molecule has 0 aliphatic carbocycles. The van der Waals surface area contributed by atoms with Crippen molar-refractivity contribution in [3.63, 3.8) is 0 Å². The Morgan fingerprint density at radius 1 is 1.17 bits per heavy atom. The lowest BCUT2D eigenvalue weighted by Gasteiger charge is -2.08. The number of benzene rings is 1. The number of carbonyl (C=O) groups excluding carboxylic acids is 3. The van der Waals surface area contributed by atoms with Crippen LogP contribution in [-0.2, 0) is 27.8 Å². The van der Waals surface area contributed by atoms with Gasteiger partial charge in [0, 0.05) is 19.3 Å². The monoisotopic (exact) mass is 409 g/mol. The third-order valence-corrected chi connectivity index (χ3v) is 4.14. The lowest BCUT2D eigenvalue weighted by molar-refractivity contribution is -0.143. The van der Waals surface area contributed by atoms with Crippen LogP contribution in [0, 0.1) is 13.8 Å². The van der Waals surface area contributed by atoms with Gasteiger partial charge in [0.05, 0.1) is 11.3 Å². The van der Waals surface area contributed by atoms with Gasteiger partial charge in [0.25, 0.3) is 11.7 Å². The molecule has 0 aliphatic rings. The molecule has 0 bridgehead atoms. The Kier molecular flexibility index (Phi) is 7.40. The summed E-state index contributed by atoms with van der Waals surface area (Å²) < 4.78 is 34.7. The van der Waals surface area contributed by atoms with Gasteiger partial charge in [-0.2, -0.15) is 13.9 Å². The molecule has 1 aromatic carbocycles. The van der Waals surface area contributed by atoms with E-state index in [4.69, 9.17) is 4.74 Å². The number of Topliss-reactive ketones (excluding diaryl/α,β-unsaturated/α-hetero) is 1. The summed E-state index contributed by atoms with van der Waals surface area (Å²) in [5.74, 6) is -2.51. The Balaban J connectivity index is 1.75. The Hall–Kier alpha value is -3.30. The molecule has 0 atom stereocenters. The van der Waals surface area contributed by atoms with Crippen molar-refractivity contribution in [3.8, 4) is 5.75 Å². The van der Waals surface area contributed by atoms with Crippen molar-refractivity contribution in [2.45, 2.75) is 26.9 Å². The molecule has 0 saturated carbocycles. The molecule has 0 fully saturated rings. The molecule has 0 spiro atoms. The van der Waals surface area contributed by atoms with Gasteiger partial charge in [0.15, 0.2) is 6.61 Å². The highest BCUT2D eigenvalue weighted by Crippen LogP contribution is 2.15. The van der Waals surface area contributed by atoms with E-state index < -0.39 is 30.9 Å². The Morgan fingerprint density at radius 3 is 2.38 bits per heavy atom. The number of hydrogen-bond acceptors (Lipinski definition) is 6. The number of ether oxygens (including phenoxy) is 2. The highest BCUT2D eigenvalue weighted by molar-refractivity contribution is 6.41. The molecular weight excluding hydrogens is 388 g/mol. The number of alkyl halides is 2. The number of aryl methyl sites for hydroxylation is 2. The normalized spacial score (nSPS) is 10.7. The fraction of sp³-hybridized carbons (Fsp3) is 0.368. The minimum atomic E-state index is -2.89. The van der Waals surface area contributed by atoms with Crippen molar-refractivity contribution in [1.29, 1.82) is 0 Å². The molecule has 1 amide bonds. The molecule has 29 heavy (non-hydrogen) atoms. The number of rotatable bonds is 9. The fourth-order valence-corrected chi connectivity index (χ4v) is 2.64. The third-order valence-electron chi connectivity index (χ3n) is 4.14. The van der Waals surface area contributed by atoms with Gasteiger partial charge in [0.1, 0.15) is 5.75 Å². The average Bonchev–Trinajstić information content (AvgIpc) is 2.92. The first-order valence-corrected chi connectivity index (χ1v) is 8.71. The molecule has 0 radical (unpaired) electrons. The van der Waals surface area contributed by atoms with E-state index in [1.54, 1.807) is 33.0 Å². The highest BCUT2D eigenvalue weighted by Gasteiger charge is 2.25. The van der Waals surface area contributed by atoms with Crippen LogP contribution in [-0.4, -0.2) is 47.2 Å². The van der Waals surface area contributed by atoms with E-state index in [0.717, 1.165) is 5.56 Å². The fourth-order valence-electron chi connectivity index (χ4n) is 2.64. The first-order valence-electron chi connectivity index (χ1n) is 8.71. The summed E-state index contributed by atoms with van der Waals surface area (Å²) in [5, 5.41) is 6.61. The molecule has 1 N–H and O–H groups in total. The first-order chi connectivity index (χ1) is 13.7. The van der Waals surface area contributed by atoms with Crippen LogP contribution in [0.2, 0.25) is 0 Å². The highest BCUT2D eigenvalue weighted by atomic mass is 19.3. The lowest BCUT2D eigenvalue weighted by atomic mass is 10.1. The Morgan fingerprint density at radius 2 is 1.83 bits per heavy atom. The summed E-state index contributed by atoms with van der Waals surface area (Å²) in [6.45, 7) is 0.0106. The number of amides is 1. The van der Waals surface area contributed by atoms with Crippen molar-refractivity contribution < 1.29 is 32.6 Å². The Labute approximate surface area is 165 Å². The van der Waals surface area contributed by atoms with E-state index in [9.17, 15) is 23.2 Å². The molecule has 10 heteroatoms. The largest absolute Gasteiger partial charge is 0.450 e. The maximum Gasteiger partial charge on any atom is 0.387 e. The minimum Gasteiger partial charge on any atom is -0.450 e. The van der Waals surface area contributed by atoms with Crippen LogP contribution in [0.5, 0.6) is 5.75 Å². The summed E-state index contributed by atoms with van der Waals surface area (Å²) in [6.07, 6.45) is 0.432. The van der Waals surface area contributed by atoms with Crippen LogP contribution in [0.25, 0.3) is 0 Å². The standard InChI is InChI=1S/C19H21F2N3O5/c1-11-16(12(2)24(3)23-11)17(26)18(27)28-10-15(25)22-9-8-13-4-6-14(7-5-13)29-19(20)21/h4-7,19H,8-10H2,1-3H3,(H,22,25). The average molecular weight is 409 g/mol. The van der Waals surface area contributed by atoms with Crippen LogP contribution in [0.1, 0.15) is 27.3 Å². The predicted molar refractivity (Wildman–Crippen MR) is 97.8 cm³/mol. The maximum absolute atomic E-state index is 12.2. The molecule has 0 aliphatic heterocycles. The summed E-state index contributed by atoms with van der Waals surface area (Å²) in [4.78, 5) is 35.9. The van der Waals surface area contributed by atoms with Crippen LogP contribution >= 0.6 is 0 Å². The van der Waals surface area contributed by atoms with Crippen molar-refractivity contribution in [2.24, 2.45) is 7.05 Å². The first kappa shape index (κ1) is 22.0. The van der Waals surface area contributed by atoms with Crippen LogP contribution in [0.3, 0.4) is 0 Å². The quantitative estimate of drug-likeness (QED) is 0.385. The maximum atomic E-state index is 12.2. The lowest BCUT2D eigenvalue weighted by Crippen LogP contribution is -2.32. The zero-order valence-electron chi connectivity index (χ0n) is 16.2. The number of carbonyl (C=O) groups is 3. The molecule has 1 aromatic heterocycles. The number of nitrogens with one attached hydrogen (secondary N) is 1. The van der Waals surface area contributed by atoms with E-state index in [2.05, 4.69) is 15.2 Å². The van der Waals surface area contributed by atoms with Crippen LogP contribution in [0.4, 0.5) is 8.78 Å². The van der Waals surface area contributed by atoms with Gasteiger partial charge in [-0.3, -0.25) is 14.3 Å². The predicted octanol–water partition coefficient (Wildman–Crippen LogP) is 1.72. The second-order valence-electron chi connectivity index (χ2n) is 6.20. The van der Waals surface area contributed by atoms with Crippen molar-refractivity contribution in [2.75, 3.05) is 13.2 Å². The second kappa shape index (κ2) is 9.76. The molecule has 8 nitrogen and oxygen atoms in total. The van der Waals surface area contributed by atoms with Crippen LogP contribution in [0.15, 0.2) is 24.3 Å². The van der Waals surface area contributed by atoms with E-state index in [-0.39, 0.29) is 17.9 Å². The zero-order valence-corrected chi connectivity index (χ0v) is 16.2. The van der Waals surface area contributed by atoms with E-state index in [1.165, 1.54) is 16.8 Å². The number of halogens is 2.